The number of halogens is 1. The van der Waals surface area contributed by atoms with Gasteiger partial charge in [0.1, 0.15) is 0 Å². The van der Waals surface area contributed by atoms with Gasteiger partial charge in [0.25, 0.3) is 0 Å². The molecule has 1 amide bonds. The first-order valence-corrected chi connectivity index (χ1v) is 6.14. The molecule has 0 saturated carbocycles. The van der Waals surface area contributed by atoms with Crippen molar-refractivity contribution in [1.29, 1.82) is 0 Å². The molecule has 0 saturated heterocycles. The summed E-state index contributed by atoms with van der Waals surface area (Å²) in [7, 11) is 0. The number of benzene rings is 1. The molecule has 0 aromatic heterocycles. The molecule has 0 aliphatic carbocycles. The van der Waals surface area contributed by atoms with Gasteiger partial charge in [0.2, 0.25) is 5.91 Å². The molecule has 1 aromatic carbocycles. The van der Waals surface area contributed by atoms with E-state index in [-0.39, 0.29) is 16.5 Å². The van der Waals surface area contributed by atoms with Crippen LogP contribution in [0.4, 0.5) is 5.69 Å². The van der Waals surface area contributed by atoms with Crippen LogP contribution >= 0.6 is 11.6 Å². The van der Waals surface area contributed by atoms with Gasteiger partial charge in [0.15, 0.2) is 0 Å². The molecular formula is C13H16ClNO3. The molecule has 0 fully saturated rings. The van der Waals surface area contributed by atoms with Crippen LogP contribution in [0.25, 0.3) is 0 Å². The van der Waals surface area contributed by atoms with Gasteiger partial charge in [0.05, 0.1) is 10.6 Å². The molecule has 4 nitrogen and oxygen atoms in total. The smallest absolute Gasteiger partial charge is 0.337 e. The average Bonchev–Trinajstić information content (AvgIpc) is 2.31. The van der Waals surface area contributed by atoms with Gasteiger partial charge in [-0.1, -0.05) is 31.9 Å². The molecule has 1 atom stereocenters. The first-order chi connectivity index (χ1) is 8.43. The van der Waals surface area contributed by atoms with Crippen LogP contribution in [0.15, 0.2) is 18.2 Å². The molecule has 0 radical (unpaired) electrons. The Labute approximate surface area is 111 Å². The highest BCUT2D eigenvalue weighted by Crippen LogP contribution is 2.21. The summed E-state index contributed by atoms with van der Waals surface area (Å²) in [5, 5.41) is 11.7. The zero-order chi connectivity index (χ0) is 13.7. The second-order valence-corrected chi connectivity index (χ2v) is 4.67. The molecule has 0 aliphatic heterocycles. The normalized spacial score (nSPS) is 11.9. The number of amides is 1. The Morgan fingerprint density at radius 3 is 2.67 bits per heavy atom. The second-order valence-electron chi connectivity index (χ2n) is 4.27. The number of carbonyl (C=O) groups is 2. The fourth-order valence-electron chi connectivity index (χ4n) is 1.44. The van der Waals surface area contributed by atoms with Crippen molar-refractivity contribution >= 4 is 29.2 Å². The lowest BCUT2D eigenvalue weighted by Gasteiger charge is -2.10. The van der Waals surface area contributed by atoms with Gasteiger partial charge in [0, 0.05) is 12.1 Å². The number of carbonyl (C=O) groups excluding carboxylic acids is 1. The van der Waals surface area contributed by atoms with Crippen LogP contribution in [0.2, 0.25) is 5.02 Å². The molecule has 1 unspecified atom stereocenters. The van der Waals surface area contributed by atoms with Crippen LogP contribution in [-0.2, 0) is 4.79 Å². The molecule has 0 spiro atoms. The highest BCUT2D eigenvalue weighted by Gasteiger charge is 2.12. The van der Waals surface area contributed by atoms with E-state index in [1.54, 1.807) is 6.07 Å². The molecule has 2 N–H and O–H groups in total. The number of carboxylic acids is 1. The Kier molecular flexibility index (Phi) is 5.16. The maximum atomic E-state index is 11.7. The Balaban J connectivity index is 2.76. The van der Waals surface area contributed by atoms with Crippen molar-refractivity contribution in [3.63, 3.8) is 0 Å². The SMILES string of the molecule is CCC(C)CC(=O)Nc1ccc(Cl)c(C(=O)O)c1. The van der Waals surface area contributed by atoms with E-state index < -0.39 is 5.97 Å². The Hall–Kier alpha value is -1.55. The number of carboxylic acid groups (broad SMARTS) is 1. The molecule has 0 aliphatic rings. The molecule has 0 heterocycles. The second kappa shape index (κ2) is 6.40. The minimum Gasteiger partial charge on any atom is -0.478 e. The summed E-state index contributed by atoms with van der Waals surface area (Å²) in [5.41, 5.74) is 0.433. The predicted octanol–water partition coefficient (Wildman–Crippen LogP) is 3.41. The summed E-state index contributed by atoms with van der Waals surface area (Å²) in [6.45, 7) is 4.01. The van der Waals surface area contributed by atoms with Crippen molar-refractivity contribution in [3.05, 3.63) is 28.8 Å². The number of rotatable bonds is 5. The maximum Gasteiger partial charge on any atom is 0.337 e. The topological polar surface area (TPSA) is 66.4 Å². The van der Waals surface area contributed by atoms with Crippen LogP contribution in [0.3, 0.4) is 0 Å². The first-order valence-electron chi connectivity index (χ1n) is 5.76. The molecular weight excluding hydrogens is 254 g/mol. The molecule has 1 rings (SSSR count). The zero-order valence-electron chi connectivity index (χ0n) is 10.4. The van der Waals surface area contributed by atoms with E-state index in [2.05, 4.69) is 5.32 Å². The van der Waals surface area contributed by atoms with Gasteiger partial charge in [-0.05, 0) is 24.1 Å². The van der Waals surface area contributed by atoms with Crippen molar-refractivity contribution in [2.75, 3.05) is 5.32 Å². The third-order valence-corrected chi connectivity index (χ3v) is 3.04. The van der Waals surface area contributed by atoms with Gasteiger partial charge in [-0.25, -0.2) is 4.79 Å². The number of nitrogens with one attached hydrogen (secondary N) is 1. The van der Waals surface area contributed by atoms with Crippen molar-refractivity contribution in [3.8, 4) is 0 Å². The summed E-state index contributed by atoms with van der Waals surface area (Å²) in [4.78, 5) is 22.5. The predicted molar refractivity (Wildman–Crippen MR) is 71.1 cm³/mol. The van der Waals surface area contributed by atoms with Crippen molar-refractivity contribution < 1.29 is 14.7 Å². The van der Waals surface area contributed by atoms with Crippen LogP contribution in [0, 0.1) is 5.92 Å². The molecule has 98 valence electrons. The zero-order valence-corrected chi connectivity index (χ0v) is 11.1. The highest BCUT2D eigenvalue weighted by atomic mass is 35.5. The number of hydrogen-bond donors (Lipinski definition) is 2. The summed E-state index contributed by atoms with van der Waals surface area (Å²) < 4.78 is 0. The lowest BCUT2D eigenvalue weighted by Crippen LogP contribution is -2.15. The van der Waals surface area contributed by atoms with Gasteiger partial charge in [-0.2, -0.15) is 0 Å². The molecule has 18 heavy (non-hydrogen) atoms. The highest BCUT2D eigenvalue weighted by molar-refractivity contribution is 6.33. The van der Waals surface area contributed by atoms with E-state index in [0.29, 0.717) is 18.0 Å². The van der Waals surface area contributed by atoms with Gasteiger partial charge >= 0.3 is 5.97 Å². The number of aromatic carboxylic acids is 1. The lowest BCUT2D eigenvalue weighted by atomic mass is 10.0. The van der Waals surface area contributed by atoms with Crippen LogP contribution in [0.1, 0.15) is 37.0 Å². The van der Waals surface area contributed by atoms with Crippen molar-refractivity contribution in [2.45, 2.75) is 26.7 Å². The summed E-state index contributed by atoms with van der Waals surface area (Å²) in [6, 6.07) is 4.41. The van der Waals surface area contributed by atoms with E-state index in [1.165, 1.54) is 12.1 Å². The molecule has 5 heteroatoms. The van der Waals surface area contributed by atoms with Gasteiger partial charge in [-0.3, -0.25) is 4.79 Å². The molecule has 1 aromatic rings. The van der Waals surface area contributed by atoms with Gasteiger partial charge < -0.3 is 10.4 Å². The lowest BCUT2D eigenvalue weighted by molar-refractivity contribution is -0.117. The number of anilines is 1. The van der Waals surface area contributed by atoms with Crippen molar-refractivity contribution in [1.82, 2.24) is 0 Å². The van der Waals surface area contributed by atoms with E-state index in [9.17, 15) is 9.59 Å². The number of hydrogen-bond acceptors (Lipinski definition) is 2. The summed E-state index contributed by atoms with van der Waals surface area (Å²) in [6.07, 6.45) is 1.34. The monoisotopic (exact) mass is 269 g/mol. The Morgan fingerprint density at radius 1 is 1.44 bits per heavy atom. The average molecular weight is 270 g/mol. The summed E-state index contributed by atoms with van der Waals surface area (Å²) in [5.74, 6) is -0.933. The maximum absolute atomic E-state index is 11.7. The van der Waals surface area contributed by atoms with E-state index in [1.807, 2.05) is 13.8 Å². The summed E-state index contributed by atoms with van der Waals surface area (Å²) >= 11 is 5.74. The minimum atomic E-state index is -1.11. The minimum absolute atomic E-state index is 0.0157. The van der Waals surface area contributed by atoms with Crippen LogP contribution < -0.4 is 5.32 Å². The third kappa shape index (κ3) is 4.04. The van der Waals surface area contributed by atoms with E-state index >= 15 is 0 Å². The van der Waals surface area contributed by atoms with Crippen LogP contribution in [0.5, 0.6) is 0 Å². The van der Waals surface area contributed by atoms with E-state index in [4.69, 9.17) is 16.7 Å². The largest absolute Gasteiger partial charge is 0.478 e. The van der Waals surface area contributed by atoms with E-state index in [0.717, 1.165) is 6.42 Å². The standard InChI is InChI=1S/C13H16ClNO3/c1-3-8(2)6-12(16)15-9-4-5-11(14)10(7-9)13(17)18/h4-5,7-8H,3,6H2,1-2H3,(H,15,16)(H,17,18). The Bertz CT molecular complexity index is 460. The Morgan fingerprint density at radius 2 is 2.11 bits per heavy atom. The van der Waals surface area contributed by atoms with Crippen LogP contribution in [-0.4, -0.2) is 17.0 Å². The van der Waals surface area contributed by atoms with Gasteiger partial charge in [-0.15, -0.1) is 0 Å². The fraction of sp³-hybridized carbons (Fsp3) is 0.385. The molecule has 0 bridgehead atoms. The third-order valence-electron chi connectivity index (χ3n) is 2.71. The first kappa shape index (κ1) is 14.5. The fourth-order valence-corrected chi connectivity index (χ4v) is 1.64. The van der Waals surface area contributed by atoms with Crippen molar-refractivity contribution in [2.24, 2.45) is 5.92 Å². The quantitative estimate of drug-likeness (QED) is 0.861.